The van der Waals surface area contributed by atoms with Crippen molar-refractivity contribution in [3.05, 3.63) is 76.1 Å². The molecule has 4 aromatic rings. The largest absolute Gasteiger partial charge is 0.462 e. The number of carbonyl (C=O) groups excluding carboxylic acids is 2. The Balaban J connectivity index is 1.52. The molecule has 0 aliphatic rings. The van der Waals surface area contributed by atoms with E-state index in [1.54, 1.807) is 37.3 Å². The molecule has 10 heteroatoms. The fraction of sp³-hybridized carbons (Fsp3) is 0.208. The number of amides is 1. The number of para-hydroxylation sites is 1. The first-order chi connectivity index (χ1) is 16.5. The predicted molar refractivity (Wildman–Crippen MR) is 130 cm³/mol. The highest BCUT2D eigenvalue weighted by atomic mass is 32.2. The van der Waals surface area contributed by atoms with Crippen LogP contribution in [0.3, 0.4) is 0 Å². The molecule has 1 amide bonds. The third-order valence-electron chi connectivity index (χ3n) is 5.06. The van der Waals surface area contributed by atoms with Gasteiger partial charge in [0.1, 0.15) is 5.52 Å². The van der Waals surface area contributed by atoms with Gasteiger partial charge in [0, 0.05) is 5.56 Å². The minimum atomic E-state index is -0.508. The highest BCUT2D eigenvalue weighted by Gasteiger charge is 2.16. The first-order valence-corrected chi connectivity index (χ1v) is 11.7. The van der Waals surface area contributed by atoms with E-state index in [1.807, 2.05) is 24.3 Å². The molecule has 0 bridgehead atoms. The summed E-state index contributed by atoms with van der Waals surface area (Å²) in [6.07, 6.45) is 0.933. The number of aromatic amines is 1. The number of esters is 1. The zero-order chi connectivity index (χ0) is 24.1. The van der Waals surface area contributed by atoms with Crippen LogP contribution in [-0.2, 0) is 16.0 Å². The molecule has 0 atom stereocenters. The first kappa shape index (κ1) is 23.2. The van der Waals surface area contributed by atoms with Gasteiger partial charge in [-0.1, -0.05) is 55.1 Å². The maximum absolute atomic E-state index is 12.6. The summed E-state index contributed by atoms with van der Waals surface area (Å²) in [7, 11) is 0. The average molecular weight is 478 g/mol. The Morgan fingerprint density at radius 1 is 1.12 bits per heavy atom. The molecule has 2 aromatic heterocycles. The van der Waals surface area contributed by atoms with Gasteiger partial charge in [-0.25, -0.2) is 14.4 Å². The van der Waals surface area contributed by atoms with Crippen molar-refractivity contribution in [1.82, 2.24) is 19.8 Å². The molecule has 0 saturated heterocycles. The molecule has 4 rings (SSSR count). The summed E-state index contributed by atoms with van der Waals surface area (Å²) in [4.78, 5) is 37.0. The van der Waals surface area contributed by atoms with Crippen molar-refractivity contribution in [3.8, 4) is 11.3 Å². The van der Waals surface area contributed by atoms with E-state index < -0.39 is 5.97 Å². The van der Waals surface area contributed by atoms with Crippen LogP contribution >= 0.6 is 11.8 Å². The number of hydrogen-bond donors (Lipinski definition) is 2. The van der Waals surface area contributed by atoms with Crippen molar-refractivity contribution >= 4 is 34.8 Å². The lowest BCUT2D eigenvalue weighted by atomic mass is 10.1. The Labute approximate surface area is 199 Å². The lowest BCUT2D eigenvalue weighted by molar-refractivity contribution is -0.113. The molecule has 174 valence electrons. The summed E-state index contributed by atoms with van der Waals surface area (Å²) >= 11 is 1.12. The minimum absolute atomic E-state index is 0.00824. The second kappa shape index (κ2) is 10.3. The predicted octanol–water partition coefficient (Wildman–Crippen LogP) is 3.55. The number of fused-ring (bicyclic) bond motifs is 1. The average Bonchev–Trinajstić information content (AvgIpc) is 3.31. The van der Waals surface area contributed by atoms with E-state index in [2.05, 4.69) is 27.5 Å². The summed E-state index contributed by atoms with van der Waals surface area (Å²) in [5.41, 5.74) is 3.32. The van der Waals surface area contributed by atoms with Gasteiger partial charge in [-0.15, -0.1) is 5.10 Å². The van der Waals surface area contributed by atoms with Crippen LogP contribution in [0.5, 0.6) is 0 Å². The second-order valence-electron chi connectivity index (χ2n) is 7.32. The highest BCUT2D eigenvalue weighted by molar-refractivity contribution is 7.99. The van der Waals surface area contributed by atoms with Gasteiger partial charge < -0.3 is 10.1 Å². The molecule has 0 saturated carbocycles. The Morgan fingerprint density at radius 3 is 2.62 bits per heavy atom. The van der Waals surface area contributed by atoms with E-state index in [0.717, 1.165) is 23.7 Å². The standard InChI is InChI=1S/C24H23N5O4S/c1-3-15-9-11-16(12-10-15)19-13-20-22(31)26-27-24(29(20)28-19)34-14-21(30)25-18-8-6-5-7-17(18)23(32)33-4-2/h5-13H,3-4,14H2,1-2H3,(H,25,30)(H,26,31). The van der Waals surface area contributed by atoms with Crippen LogP contribution in [0.25, 0.3) is 16.8 Å². The van der Waals surface area contributed by atoms with E-state index in [0.29, 0.717) is 22.1 Å². The van der Waals surface area contributed by atoms with Crippen LogP contribution in [-0.4, -0.2) is 44.0 Å². The van der Waals surface area contributed by atoms with Gasteiger partial charge in [-0.3, -0.25) is 9.59 Å². The van der Waals surface area contributed by atoms with Crippen LogP contribution in [0.15, 0.2) is 64.5 Å². The van der Waals surface area contributed by atoms with Crippen molar-refractivity contribution in [2.45, 2.75) is 25.4 Å². The SMILES string of the molecule is CCOC(=O)c1ccccc1NC(=O)CSc1n[nH]c(=O)c2cc(-c3ccc(CC)cc3)nn12. The molecule has 2 N–H and O–H groups in total. The third kappa shape index (κ3) is 5.01. The maximum atomic E-state index is 12.6. The second-order valence-corrected chi connectivity index (χ2v) is 8.26. The van der Waals surface area contributed by atoms with Crippen LogP contribution in [0.2, 0.25) is 0 Å². The van der Waals surface area contributed by atoms with E-state index in [-0.39, 0.29) is 29.4 Å². The van der Waals surface area contributed by atoms with Crippen molar-refractivity contribution in [2.24, 2.45) is 0 Å². The van der Waals surface area contributed by atoms with Gasteiger partial charge in [0.15, 0.2) is 0 Å². The molecular weight excluding hydrogens is 454 g/mol. The molecule has 0 aliphatic carbocycles. The van der Waals surface area contributed by atoms with Crippen LogP contribution in [0.1, 0.15) is 29.8 Å². The number of anilines is 1. The Hall–Kier alpha value is -3.92. The van der Waals surface area contributed by atoms with Crippen molar-refractivity contribution in [2.75, 3.05) is 17.7 Å². The number of nitrogens with zero attached hydrogens (tertiary/aromatic N) is 3. The van der Waals surface area contributed by atoms with Crippen LogP contribution < -0.4 is 10.9 Å². The molecule has 0 spiro atoms. The number of nitrogens with one attached hydrogen (secondary N) is 2. The Kier molecular flexibility index (Phi) is 7.07. The quantitative estimate of drug-likeness (QED) is 0.294. The fourth-order valence-corrected chi connectivity index (χ4v) is 4.04. The van der Waals surface area contributed by atoms with Gasteiger partial charge in [-0.05, 0) is 37.1 Å². The number of hydrogen-bond acceptors (Lipinski definition) is 7. The summed E-state index contributed by atoms with van der Waals surface area (Å²) in [5, 5.41) is 14.2. The Bertz CT molecular complexity index is 1390. The van der Waals surface area contributed by atoms with Gasteiger partial charge in [-0.2, -0.15) is 5.10 Å². The summed E-state index contributed by atoms with van der Waals surface area (Å²) in [6, 6.07) is 16.3. The number of thioether (sulfide) groups is 1. The van der Waals surface area contributed by atoms with Crippen LogP contribution in [0.4, 0.5) is 5.69 Å². The normalized spacial score (nSPS) is 10.9. The van der Waals surface area contributed by atoms with Gasteiger partial charge in [0.2, 0.25) is 11.1 Å². The number of benzene rings is 2. The van der Waals surface area contributed by atoms with E-state index in [4.69, 9.17) is 4.74 Å². The van der Waals surface area contributed by atoms with E-state index in [1.165, 1.54) is 10.1 Å². The molecule has 0 fully saturated rings. The smallest absolute Gasteiger partial charge is 0.340 e. The summed E-state index contributed by atoms with van der Waals surface area (Å²) in [6.45, 7) is 4.04. The molecule has 0 unspecified atom stereocenters. The molecule has 2 heterocycles. The molecule has 0 aliphatic heterocycles. The zero-order valence-corrected chi connectivity index (χ0v) is 19.5. The van der Waals surface area contributed by atoms with Crippen molar-refractivity contribution < 1.29 is 14.3 Å². The molecule has 9 nitrogen and oxygen atoms in total. The number of H-pyrrole nitrogens is 1. The number of aryl methyl sites for hydroxylation is 1. The molecule has 2 aromatic carbocycles. The van der Waals surface area contributed by atoms with E-state index >= 15 is 0 Å². The molecule has 34 heavy (non-hydrogen) atoms. The van der Waals surface area contributed by atoms with Gasteiger partial charge >= 0.3 is 5.97 Å². The van der Waals surface area contributed by atoms with Crippen LogP contribution in [0, 0.1) is 0 Å². The van der Waals surface area contributed by atoms with Gasteiger partial charge in [0.05, 0.1) is 29.3 Å². The minimum Gasteiger partial charge on any atom is -0.462 e. The molecular formula is C24H23N5O4S. The summed E-state index contributed by atoms with van der Waals surface area (Å²) < 4.78 is 6.48. The lowest BCUT2D eigenvalue weighted by Crippen LogP contribution is -2.19. The number of rotatable bonds is 8. The fourth-order valence-electron chi connectivity index (χ4n) is 3.33. The van der Waals surface area contributed by atoms with Crippen molar-refractivity contribution in [1.29, 1.82) is 0 Å². The topological polar surface area (TPSA) is 118 Å². The third-order valence-corrected chi connectivity index (χ3v) is 5.99. The summed E-state index contributed by atoms with van der Waals surface area (Å²) in [5.74, 6) is -0.859. The number of aromatic nitrogens is 4. The van der Waals surface area contributed by atoms with Crippen molar-refractivity contribution in [3.63, 3.8) is 0 Å². The Morgan fingerprint density at radius 2 is 1.88 bits per heavy atom. The molecule has 0 radical (unpaired) electrons. The number of carbonyl (C=O) groups is 2. The maximum Gasteiger partial charge on any atom is 0.340 e. The number of ether oxygens (including phenoxy) is 1. The zero-order valence-electron chi connectivity index (χ0n) is 18.7. The van der Waals surface area contributed by atoms with Gasteiger partial charge in [0.25, 0.3) is 5.56 Å². The lowest BCUT2D eigenvalue weighted by Gasteiger charge is -2.10. The monoisotopic (exact) mass is 477 g/mol. The van der Waals surface area contributed by atoms with E-state index in [9.17, 15) is 14.4 Å². The first-order valence-electron chi connectivity index (χ1n) is 10.8. The highest BCUT2D eigenvalue weighted by Crippen LogP contribution is 2.23.